The van der Waals surface area contributed by atoms with Crippen molar-refractivity contribution in [3.8, 4) is 0 Å². The van der Waals surface area contributed by atoms with Crippen LogP contribution in [0.15, 0.2) is 54.1 Å². The molecule has 1 heterocycles. The molecule has 3 aromatic rings. The number of carbonyl (C=O) groups is 2. The van der Waals surface area contributed by atoms with Gasteiger partial charge < -0.3 is 10.6 Å². The summed E-state index contributed by atoms with van der Waals surface area (Å²) in [7, 11) is 0. The van der Waals surface area contributed by atoms with Crippen LogP contribution in [0.1, 0.15) is 25.1 Å². The van der Waals surface area contributed by atoms with Crippen molar-refractivity contribution in [2.45, 2.75) is 27.3 Å². The SMILES string of the molecule is Cc1nn(CC(C)C)c(Cl)c1C=C(C(=O)Nc1ccccc1F)C(=O)Nc1ccccc1F. The maximum absolute atomic E-state index is 14.1. The second-order valence-electron chi connectivity index (χ2n) is 7.79. The van der Waals surface area contributed by atoms with Crippen molar-refractivity contribution in [3.05, 3.63) is 82.1 Å². The number of hydrogen-bond acceptors (Lipinski definition) is 3. The summed E-state index contributed by atoms with van der Waals surface area (Å²) < 4.78 is 29.7. The number of benzene rings is 2. The summed E-state index contributed by atoms with van der Waals surface area (Å²) >= 11 is 6.47. The number of anilines is 2. The Balaban J connectivity index is 2.02. The predicted molar refractivity (Wildman–Crippen MR) is 125 cm³/mol. The maximum atomic E-state index is 14.1. The predicted octanol–water partition coefficient (Wildman–Crippen LogP) is 5.44. The Hall–Kier alpha value is -3.52. The molecule has 2 N–H and O–H groups in total. The maximum Gasteiger partial charge on any atom is 0.261 e. The molecule has 3 rings (SSSR count). The van der Waals surface area contributed by atoms with E-state index in [0.29, 0.717) is 17.8 Å². The Kier molecular flexibility index (Phi) is 7.60. The van der Waals surface area contributed by atoms with Crippen LogP contribution in [0.2, 0.25) is 5.15 Å². The zero-order chi connectivity index (χ0) is 24.1. The number of amides is 2. The average molecular weight is 473 g/mol. The third kappa shape index (κ3) is 5.84. The van der Waals surface area contributed by atoms with Crippen LogP contribution < -0.4 is 10.6 Å². The van der Waals surface area contributed by atoms with Gasteiger partial charge in [0.05, 0.1) is 17.1 Å². The van der Waals surface area contributed by atoms with E-state index in [-0.39, 0.29) is 22.4 Å². The standard InChI is InChI=1S/C24H23ClF2N4O2/c1-14(2)13-31-22(25)16(15(3)30-31)12-17(23(32)28-20-10-6-4-8-18(20)26)24(33)29-21-11-7-5-9-19(21)27/h4-12,14H,13H2,1-3H3,(H,28,32)(H,29,33). The summed E-state index contributed by atoms with van der Waals surface area (Å²) in [4.78, 5) is 26.0. The van der Waals surface area contributed by atoms with Gasteiger partial charge in [-0.15, -0.1) is 0 Å². The van der Waals surface area contributed by atoms with Crippen LogP contribution in [0.3, 0.4) is 0 Å². The van der Waals surface area contributed by atoms with Crippen molar-refractivity contribution in [1.82, 2.24) is 9.78 Å². The van der Waals surface area contributed by atoms with Gasteiger partial charge in [0.2, 0.25) is 0 Å². The minimum atomic E-state index is -0.888. The number of rotatable bonds is 7. The number of halogens is 3. The highest BCUT2D eigenvalue weighted by molar-refractivity contribution is 6.33. The summed E-state index contributed by atoms with van der Waals surface area (Å²) in [5, 5.41) is 9.39. The number of nitrogens with one attached hydrogen (secondary N) is 2. The molecule has 9 heteroatoms. The summed E-state index contributed by atoms with van der Waals surface area (Å²) in [6.07, 6.45) is 1.27. The molecule has 0 atom stereocenters. The van der Waals surface area contributed by atoms with Gasteiger partial charge in [-0.05, 0) is 43.2 Å². The topological polar surface area (TPSA) is 76.0 Å². The van der Waals surface area contributed by atoms with Crippen LogP contribution in [-0.2, 0) is 16.1 Å². The first-order valence-electron chi connectivity index (χ1n) is 10.2. The lowest BCUT2D eigenvalue weighted by Gasteiger charge is -2.11. The van der Waals surface area contributed by atoms with Crippen LogP contribution in [-0.4, -0.2) is 21.6 Å². The van der Waals surface area contributed by atoms with Gasteiger partial charge in [0.15, 0.2) is 0 Å². The summed E-state index contributed by atoms with van der Waals surface area (Å²) in [6.45, 7) is 6.22. The van der Waals surface area contributed by atoms with Crippen molar-refractivity contribution >= 4 is 40.9 Å². The van der Waals surface area contributed by atoms with Crippen molar-refractivity contribution in [2.24, 2.45) is 5.92 Å². The van der Waals surface area contributed by atoms with Gasteiger partial charge in [0.1, 0.15) is 22.4 Å². The van der Waals surface area contributed by atoms with Gasteiger partial charge in [-0.3, -0.25) is 14.3 Å². The van der Waals surface area contributed by atoms with Crippen molar-refractivity contribution in [3.63, 3.8) is 0 Å². The van der Waals surface area contributed by atoms with E-state index in [1.165, 1.54) is 42.5 Å². The molecule has 172 valence electrons. The molecule has 0 unspecified atom stereocenters. The number of carbonyl (C=O) groups excluding carboxylic acids is 2. The van der Waals surface area contributed by atoms with Crippen LogP contribution in [0.5, 0.6) is 0 Å². The third-order valence-corrected chi connectivity index (χ3v) is 5.07. The van der Waals surface area contributed by atoms with Gasteiger partial charge in [0.25, 0.3) is 11.8 Å². The van der Waals surface area contributed by atoms with Crippen molar-refractivity contribution < 1.29 is 18.4 Å². The molecular formula is C24H23ClF2N4O2. The van der Waals surface area contributed by atoms with E-state index in [2.05, 4.69) is 15.7 Å². The van der Waals surface area contributed by atoms with E-state index in [0.717, 1.165) is 0 Å². The number of nitrogens with zero attached hydrogens (tertiary/aromatic N) is 2. The number of aryl methyl sites for hydroxylation is 1. The molecule has 0 bridgehead atoms. The van der Waals surface area contributed by atoms with E-state index < -0.39 is 29.0 Å². The minimum absolute atomic E-state index is 0.106. The molecular weight excluding hydrogens is 450 g/mol. The highest BCUT2D eigenvalue weighted by Gasteiger charge is 2.23. The van der Waals surface area contributed by atoms with E-state index in [1.807, 2.05) is 13.8 Å². The lowest BCUT2D eigenvalue weighted by atomic mass is 10.1. The molecule has 2 amide bonds. The summed E-state index contributed by atoms with van der Waals surface area (Å²) in [5.74, 6) is -2.86. The van der Waals surface area contributed by atoms with Crippen molar-refractivity contribution in [2.75, 3.05) is 10.6 Å². The van der Waals surface area contributed by atoms with Gasteiger partial charge in [0, 0.05) is 12.1 Å². The lowest BCUT2D eigenvalue weighted by Crippen LogP contribution is -2.26. The van der Waals surface area contributed by atoms with Crippen LogP contribution in [0.4, 0.5) is 20.2 Å². The molecule has 1 aromatic heterocycles. The highest BCUT2D eigenvalue weighted by atomic mass is 35.5. The molecule has 0 aliphatic rings. The fourth-order valence-corrected chi connectivity index (χ4v) is 3.38. The molecule has 0 aliphatic heterocycles. The molecule has 6 nitrogen and oxygen atoms in total. The Bertz CT molecular complexity index is 1160. The molecule has 0 saturated heterocycles. The van der Waals surface area contributed by atoms with E-state index in [1.54, 1.807) is 23.7 Å². The van der Waals surface area contributed by atoms with Gasteiger partial charge in [-0.1, -0.05) is 49.7 Å². The smallest absolute Gasteiger partial charge is 0.261 e. The average Bonchev–Trinajstić information content (AvgIpc) is 3.01. The fraction of sp³-hybridized carbons (Fsp3) is 0.208. The molecule has 2 aromatic carbocycles. The number of aromatic nitrogens is 2. The molecule has 0 spiro atoms. The zero-order valence-electron chi connectivity index (χ0n) is 18.3. The van der Waals surface area contributed by atoms with Crippen LogP contribution in [0, 0.1) is 24.5 Å². The first-order valence-corrected chi connectivity index (χ1v) is 10.6. The highest BCUT2D eigenvalue weighted by Crippen LogP contribution is 2.25. The molecule has 0 saturated carbocycles. The minimum Gasteiger partial charge on any atom is -0.319 e. The number of para-hydroxylation sites is 2. The Morgan fingerprint density at radius 2 is 1.48 bits per heavy atom. The fourth-order valence-electron chi connectivity index (χ4n) is 3.08. The first-order chi connectivity index (χ1) is 15.7. The van der Waals surface area contributed by atoms with E-state index >= 15 is 0 Å². The van der Waals surface area contributed by atoms with Gasteiger partial charge in [-0.2, -0.15) is 5.10 Å². The van der Waals surface area contributed by atoms with Crippen LogP contribution in [0.25, 0.3) is 6.08 Å². The first kappa shape index (κ1) is 24.1. The summed E-state index contributed by atoms with van der Waals surface area (Å²) in [5.41, 5.74) is 0.252. The largest absolute Gasteiger partial charge is 0.319 e. The van der Waals surface area contributed by atoms with Gasteiger partial charge in [-0.25, -0.2) is 8.78 Å². The molecule has 0 aliphatic carbocycles. The second-order valence-corrected chi connectivity index (χ2v) is 8.15. The number of hydrogen-bond donors (Lipinski definition) is 2. The Morgan fingerprint density at radius 1 is 1.00 bits per heavy atom. The van der Waals surface area contributed by atoms with E-state index in [4.69, 9.17) is 11.6 Å². The monoisotopic (exact) mass is 472 g/mol. The van der Waals surface area contributed by atoms with Crippen LogP contribution >= 0.6 is 11.6 Å². The molecule has 33 heavy (non-hydrogen) atoms. The Morgan fingerprint density at radius 3 is 1.94 bits per heavy atom. The summed E-state index contributed by atoms with van der Waals surface area (Å²) in [6, 6.07) is 11.1. The van der Waals surface area contributed by atoms with Gasteiger partial charge >= 0.3 is 0 Å². The lowest BCUT2D eigenvalue weighted by molar-refractivity contribution is -0.118. The molecule has 0 radical (unpaired) electrons. The quantitative estimate of drug-likeness (QED) is 0.273. The van der Waals surface area contributed by atoms with Crippen molar-refractivity contribution in [1.29, 1.82) is 0 Å². The normalized spacial score (nSPS) is 10.8. The molecule has 0 fully saturated rings. The zero-order valence-corrected chi connectivity index (χ0v) is 19.1. The Labute approximate surface area is 195 Å². The second kappa shape index (κ2) is 10.4. The van der Waals surface area contributed by atoms with E-state index in [9.17, 15) is 18.4 Å². The third-order valence-electron chi connectivity index (χ3n) is 4.67.